The summed E-state index contributed by atoms with van der Waals surface area (Å²) in [6, 6.07) is 0. The van der Waals surface area contributed by atoms with Gasteiger partial charge >= 0.3 is 12.1 Å². The zero-order chi connectivity index (χ0) is 11.8. The summed E-state index contributed by atoms with van der Waals surface area (Å²) in [6.45, 7) is 4.11. The molecule has 0 aromatic rings. The number of hydrogen-bond acceptors (Lipinski definition) is 3. The van der Waals surface area contributed by atoms with Crippen molar-refractivity contribution in [3.05, 3.63) is 12.7 Å². The fourth-order valence-electron chi connectivity index (χ4n) is 2.52. The third-order valence-corrected chi connectivity index (χ3v) is 3.43. The van der Waals surface area contributed by atoms with E-state index in [2.05, 4.69) is 6.58 Å². The minimum atomic E-state index is -0.809. The fourth-order valence-corrected chi connectivity index (χ4v) is 2.52. The first-order chi connectivity index (χ1) is 7.62. The lowest BCUT2D eigenvalue weighted by molar-refractivity contribution is -0.142. The van der Waals surface area contributed by atoms with E-state index in [9.17, 15) is 9.59 Å². The predicted molar refractivity (Wildman–Crippen MR) is 56.0 cm³/mol. The summed E-state index contributed by atoms with van der Waals surface area (Å²) in [5.41, 5.74) is -0.454. The average Bonchev–Trinajstić information content (AvgIpc) is 2.89. The maximum absolute atomic E-state index is 11.7. The molecule has 1 N–H and O–H groups in total. The van der Waals surface area contributed by atoms with Gasteiger partial charge in [0.1, 0.15) is 6.61 Å². The molecule has 5 nitrogen and oxygen atoms in total. The Morgan fingerprint density at radius 3 is 2.75 bits per heavy atom. The van der Waals surface area contributed by atoms with Gasteiger partial charge < -0.3 is 14.7 Å². The molecule has 1 spiro atoms. The Balaban J connectivity index is 2.05. The molecule has 1 aliphatic carbocycles. The second-order valence-electron chi connectivity index (χ2n) is 4.30. The van der Waals surface area contributed by atoms with E-state index in [0.29, 0.717) is 13.0 Å². The molecule has 1 atom stereocenters. The van der Waals surface area contributed by atoms with Crippen molar-refractivity contribution in [2.75, 3.05) is 13.2 Å². The molecule has 2 aliphatic rings. The Hall–Kier alpha value is -1.52. The van der Waals surface area contributed by atoms with Crippen molar-refractivity contribution in [2.45, 2.75) is 24.8 Å². The summed E-state index contributed by atoms with van der Waals surface area (Å²) in [4.78, 5) is 24.3. The minimum Gasteiger partial charge on any atom is -0.481 e. The van der Waals surface area contributed by atoms with Crippen molar-refractivity contribution in [1.29, 1.82) is 0 Å². The lowest BCUT2D eigenvalue weighted by Gasteiger charge is -2.25. The monoisotopic (exact) mass is 225 g/mol. The first-order valence-electron chi connectivity index (χ1n) is 5.40. The molecule has 0 radical (unpaired) electrons. The number of rotatable bonds is 3. The number of aliphatic carboxylic acids is 1. The number of nitrogens with zero attached hydrogens (tertiary/aromatic N) is 1. The Kier molecular flexibility index (Phi) is 2.61. The van der Waals surface area contributed by atoms with Gasteiger partial charge in [0, 0.05) is 6.54 Å². The molecule has 2 fully saturated rings. The van der Waals surface area contributed by atoms with Gasteiger partial charge in [-0.05, 0) is 19.3 Å². The van der Waals surface area contributed by atoms with Gasteiger partial charge in [-0.3, -0.25) is 4.79 Å². The first-order valence-corrected chi connectivity index (χ1v) is 5.40. The number of carboxylic acids is 1. The molecule has 1 heterocycles. The molecule has 16 heavy (non-hydrogen) atoms. The molecule has 1 amide bonds. The summed E-state index contributed by atoms with van der Waals surface area (Å²) in [7, 11) is 0. The van der Waals surface area contributed by atoms with Gasteiger partial charge in [0.15, 0.2) is 0 Å². The highest BCUT2D eigenvalue weighted by Gasteiger charge is 2.62. The SMILES string of the molecule is C=CCOC(=O)N1CCC(C(=O)O)C12CC2. The number of carboxylic acid groups (broad SMARTS) is 1. The molecule has 1 saturated carbocycles. The number of hydrogen-bond donors (Lipinski definition) is 1. The summed E-state index contributed by atoms with van der Waals surface area (Å²) >= 11 is 0. The maximum atomic E-state index is 11.7. The van der Waals surface area contributed by atoms with Crippen molar-refractivity contribution in [3.63, 3.8) is 0 Å². The topological polar surface area (TPSA) is 66.8 Å². The quantitative estimate of drug-likeness (QED) is 0.734. The van der Waals surface area contributed by atoms with Crippen molar-refractivity contribution < 1.29 is 19.4 Å². The largest absolute Gasteiger partial charge is 0.481 e. The number of carbonyl (C=O) groups excluding carboxylic acids is 1. The van der Waals surface area contributed by atoms with Crippen LogP contribution >= 0.6 is 0 Å². The number of ether oxygens (including phenoxy) is 1. The summed E-state index contributed by atoms with van der Waals surface area (Å²) in [5, 5.41) is 9.07. The van der Waals surface area contributed by atoms with Gasteiger partial charge in [-0.15, -0.1) is 0 Å². The summed E-state index contributed by atoms with van der Waals surface area (Å²) in [5.74, 6) is -1.24. The second-order valence-corrected chi connectivity index (χ2v) is 4.30. The maximum Gasteiger partial charge on any atom is 0.410 e. The molecule has 0 aromatic heterocycles. The molecular weight excluding hydrogens is 210 g/mol. The lowest BCUT2D eigenvalue weighted by Crippen LogP contribution is -2.42. The molecule has 5 heteroatoms. The van der Waals surface area contributed by atoms with Gasteiger partial charge in [-0.2, -0.15) is 0 Å². The van der Waals surface area contributed by atoms with Crippen LogP contribution in [0, 0.1) is 5.92 Å². The Morgan fingerprint density at radius 2 is 2.25 bits per heavy atom. The van der Waals surface area contributed by atoms with E-state index in [0.717, 1.165) is 12.8 Å². The van der Waals surface area contributed by atoms with Crippen LogP contribution in [0.15, 0.2) is 12.7 Å². The highest BCUT2D eigenvalue weighted by atomic mass is 16.6. The fraction of sp³-hybridized carbons (Fsp3) is 0.636. The number of likely N-dealkylation sites (tertiary alicyclic amines) is 1. The molecule has 1 aliphatic heterocycles. The minimum absolute atomic E-state index is 0.170. The standard InChI is InChI=1S/C11H15NO4/c1-2-7-16-10(15)12-6-3-8(9(13)14)11(12)4-5-11/h2,8H,1,3-7H2,(H,13,14). The van der Waals surface area contributed by atoms with E-state index in [1.165, 1.54) is 6.08 Å². The van der Waals surface area contributed by atoms with Crippen LogP contribution in [0.5, 0.6) is 0 Å². The second kappa shape index (κ2) is 3.81. The highest BCUT2D eigenvalue weighted by Crippen LogP contribution is 2.53. The van der Waals surface area contributed by atoms with E-state index in [4.69, 9.17) is 9.84 Å². The Bertz CT molecular complexity index is 335. The normalized spacial score (nSPS) is 25.5. The van der Waals surface area contributed by atoms with Crippen LogP contribution in [0.25, 0.3) is 0 Å². The first kappa shape index (κ1) is 11.0. The zero-order valence-corrected chi connectivity index (χ0v) is 9.02. The van der Waals surface area contributed by atoms with E-state index in [1.54, 1.807) is 4.90 Å². The zero-order valence-electron chi connectivity index (χ0n) is 9.02. The van der Waals surface area contributed by atoms with Crippen LogP contribution in [-0.4, -0.2) is 40.8 Å². The van der Waals surface area contributed by atoms with Gasteiger partial charge in [0.25, 0.3) is 0 Å². The van der Waals surface area contributed by atoms with Gasteiger partial charge in [-0.25, -0.2) is 4.79 Å². The molecule has 1 unspecified atom stereocenters. The summed E-state index contributed by atoms with van der Waals surface area (Å²) in [6.07, 6.45) is 3.15. The number of amides is 1. The highest BCUT2D eigenvalue weighted by molar-refractivity contribution is 5.77. The van der Waals surface area contributed by atoms with Crippen LogP contribution in [0.3, 0.4) is 0 Å². The predicted octanol–water partition coefficient (Wildman–Crippen LogP) is 1.25. The third-order valence-electron chi connectivity index (χ3n) is 3.43. The molecule has 88 valence electrons. The van der Waals surface area contributed by atoms with E-state index in [1.807, 2.05) is 0 Å². The average molecular weight is 225 g/mol. The molecule has 0 aromatic carbocycles. The van der Waals surface area contributed by atoms with Gasteiger partial charge in [-0.1, -0.05) is 12.7 Å². The summed E-state index contributed by atoms with van der Waals surface area (Å²) < 4.78 is 4.95. The third kappa shape index (κ3) is 1.56. The number of carbonyl (C=O) groups is 2. The Morgan fingerprint density at radius 1 is 1.56 bits per heavy atom. The van der Waals surface area contributed by atoms with Crippen molar-refractivity contribution in [2.24, 2.45) is 5.92 Å². The van der Waals surface area contributed by atoms with Gasteiger partial charge in [0.05, 0.1) is 11.5 Å². The molecule has 0 bridgehead atoms. The van der Waals surface area contributed by atoms with Crippen molar-refractivity contribution in [1.82, 2.24) is 4.90 Å². The van der Waals surface area contributed by atoms with Crippen LogP contribution in [0.2, 0.25) is 0 Å². The van der Waals surface area contributed by atoms with Crippen LogP contribution < -0.4 is 0 Å². The van der Waals surface area contributed by atoms with E-state index >= 15 is 0 Å². The molecular formula is C11H15NO4. The molecule has 2 rings (SSSR count). The van der Waals surface area contributed by atoms with E-state index in [-0.39, 0.29) is 6.61 Å². The molecule has 1 saturated heterocycles. The van der Waals surface area contributed by atoms with Crippen molar-refractivity contribution in [3.8, 4) is 0 Å². The lowest BCUT2D eigenvalue weighted by atomic mass is 9.98. The van der Waals surface area contributed by atoms with Crippen LogP contribution in [0.4, 0.5) is 4.79 Å². The van der Waals surface area contributed by atoms with Crippen LogP contribution in [0.1, 0.15) is 19.3 Å². The Labute approximate surface area is 93.7 Å². The van der Waals surface area contributed by atoms with Crippen molar-refractivity contribution >= 4 is 12.1 Å². The van der Waals surface area contributed by atoms with Gasteiger partial charge in [0.2, 0.25) is 0 Å². The van der Waals surface area contributed by atoms with Crippen LogP contribution in [-0.2, 0) is 9.53 Å². The van der Waals surface area contributed by atoms with E-state index < -0.39 is 23.5 Å². The smallest absolute Gasteiger partial charge is 0.410 e.